The molecule has 0 saturated carbocycles. The molecule has 1 amide bonds. The van der Waals surface area contributed by atoms with E-state index in [0.29, 0.717) is 28.6 Å². The lowest BCUT2D eigenvalue weighted by Crippen LogP contribution is -2.12. The molecule has 0 radical (unpaired) electrons. The number of amides is 1. The van der Waals surface area contributed by atoms with Crippen molar-refractivity contribution in [3.63, 3.8) is 0 Å². The number of nitrogens with one attached hydrogen (secondary N) is 1. The van der Waals surface area contributed by atoms with Gasteiger partial charge in [-0.15, -0.1) is 10.2 Å². The Labute approximate surface area is 140 Å². The number of rotatable bonds is 6. The number of anilines is 2. The summed E-state index contributed by atoms with van der Waals surface area (Å²) in [6.45, 7) is 0. The molecule has 9 heteroatoms. The summed E-state index contributed by atoms with van der Waals surface area (Å²) >= 11 is 10.5. The topological polar surface area (TPSA) is 80.9 Å². The molecule has 0 saturated heterocycles. The van der Waals surface area contributed by atoms with Gasteiger partial charge >= 0.3 is 0 Å². The number of carbonyl (C=O) groups is 1. The Morgan fingerprint density at radius 3 is 2.86 bits per heavy atom. The van der Waals surface area contributed by atoms with E-state index in [1.165, 1.54) is 23.1 Å². The highest BCUT2D eigenvalue weighted by atomic mass is 35.5. The molecule has 0 bridgehead atoms. The first-order valence-electron chi connectivity index (χ1n) is 5.93. The Morgan fingerprint density at radius 1 is 1.43 bits per heavy atom. The maximum Gasteiger partial charge on any atom is 0.225 e. The van der Waals surface area contributed by atoms with Crippen molar-refractivity contribution in [2.45, 2.75) is 15.1 Å². The number of hydrogen-bond donors (Lipinski definition) is 2. The molecule has 0 aliphatic heterocycles. The third-order valence-corrected chi connectivity index (χ3v) is 5.77. The van der Waals surface area contributed by atoms with Crippen LogP contribution in [0.25, 0.3) is 0 Å². The fourth-order valence-corrected chi connectivity index (χ4v) is 3.98. The monoisotopic (exact) mass is 360 g/mol. The maximum absolute atomic E-state index is 11.8. The van der Waals surface area contributed by atoms with E-state index in [0.717, 1.165) is 8.68 Å². The molecular formula is C12H13ClN4OS3. The molecule has 2 rings (SSSR count). The number of benzene rings is 1. The minimum Gasteiger partial charge on any atom is -0.397 e. The summed E-state index contributed by atoms with van der Waals surface area (Å²) in [5, 5.41) is 11.3. The van der Waals surface area contributed by atoms with Gasteiger partial charge in [-0.2, -0.15) is 0 Å². The van der Waals surface area contributed by atoms with Crippen molar-refractivity contribution in [2.75, 3.05) is 23.1 Å². The highest BCUT2D eigenvalue weighted by Gasteiger charge is 2.07. The summed E-state index contributed by atoms with van der Waals surface area (Å²) < 4.78 is 1.81. The van der Waals surface area contributed by atoms with Crippen molar-refractivity contribution in [1.82, 2.24) is 10.2 Å². The van der Waals surface area contributed by atoms with E-state index in [4.69, 9.17) is 17.3 Å². The number of carbonyl (C=O) groups excluding carboxylic acids is 1. The predicted molar refractivity (Wildman–Crippen MR) is 91.5 cm³/mol. The highest BCUT2D eigenvalue weighted by Crippen LogP contribution is 2.28. The molecule has 1 aromatic carbocycles. The van der Waals surface area contributed by atoms with Crippen molar-refractivity contribution in [1.29, 1.82) is 0 Å². The summed E-state index contributed by atoms with van der Waals surface area (Å²) in [5.74, 6) is 0.580. The lowest BCUT2D eigenvalue weighted by Gasteiger charge is -2.06. The summed E-state index contributed by atoms with van der Waals surface area (Å²) in [4.78, 5) is 11.8. The second-order valence-corrected chi connectivity index (χ2v) is 7.70. The molecular weight excluding hydrogens is 348 g/mol. The Hall–Kier alpha value is -0.960. The van der Waals surface area contributed by atoms with Crippen LogP contribution in [0, 0.1) is 0 Å². The van der Waals surface area contributed by atoms with Gasteiger partial charge in [0, 0.05) is 17.9 Å². The van der Waals surface area contributed by atoms with Gasteiger partial charge in [0.1, 0.15) is 0 Å². The summed E-state index contributed by atoms with van der Waals surface area (Å²) in [6.07, 6.45) is 2.35. The zero-order chi connectivity index (χ0) is 15.2. The van der Waals surface area contributed by atoms with Crippen molar-refractivity contribution >= 4 is 63.7 Å². The van der Waals surface area contributed by atoms with E-state index in [2.05, 4.69) is 15.5 Å². The smallest absolute Gasteiger partial charge is 0.225 e. The molecule has 112 valence electrons. The van der Waals surface area contributed by atoms with Crippen LogP contribution in [0.4, 0.5) is 11.4 Å². The van der Waals surface area contributed by atoms with E-state index >= 15 is 0 Å². The number of nitrogen functional groups attached to an aromatic ring is 1. The van der Waals surface area contributed by atoms with Gasteiger partial charge in [-0.3, -0.25) is 4.79 Å². The molecule has 1 aromatic heterocycles. The third kappa shape index (κ3) is 5.06. The average Bonchev–Trinajstić information content (AvgIpc) is 2.91. The quantitative estimate of drug-likeness (QED) is 0.605. The van der Waals surface area contributed by atoms with Crippen LogP contribution in [0.5, 0.6) is 0 Å². The van der Waals surface area contributed by atoms with E-state index in [1.807, 2.05) is 6.26 Å². The first-order valence-corrected chi connectivity index (χ1v) is 9.34. The highest BCUT2D eigenvalue weighted by molar-refractivity contribution is 8.02. The van der Waals surface area contributed by atoms with Crippen LogP contribution in [0.3, 0.4) is 0 Å². The molecule has 0 unspecified atom stereocenters. The molecule has 0 aliphatic carbocycles. The van der Waals surface area contributed by atoms with Crippen molar-refractivity contribution < 1.29 is 4.79 Å². The lowest BCUT2D eigenvalue weighted by atomic mass is 10.2. The Balaban J connectivity index is 1.78. The molecule has 0 aliphatic rings. The standard InChI is InChI=1S/C12H13ClN4OS3/c1-19-11-16-17-12(21-11)20-5-4-10(18)15-7-2-3-8(13)9(14)6-7/h2-3,6H,4-5,14H2,1H3,(H,15,18). The number of thioether (sulfide) groups is 2. The van der Waals surface area contributed by atoms with Crippen LogP contribution < -0.4 is 11.1 Å². The molecule has 21 heavy (non-hydrogen) atoms. The molecule has 0 fully saturated rings. The molecule has 1 heterocycles. The molecule has 0 spiro atoms. The van der Waals surface area contributed by atoms with Crippen LogP contribution >= 0.6 is 46.5 Å². The SMILES string of the molecule is CSc1nnc(SCCC(=O)Nc2ccc(Cl)c(N)c2)s1. The second kappa shape index (κ2) is 7.88. The first kappa shape index (κ1) is 16.4. The number of aromatic nitrogens is 2. The normalized spacial score (nSPS) is 10.6. The second-order valence-electron chi connectivity index (χ2n) is 3.92. The van der Waals surface area contributed by atoms with Crippen molar-refractivity contribution in [3.8, 4) is 0 Å². The van der Waals surface area contributed by atoms with Crippen LogP contribution in [-0.4, -0.2) is 28.1 Å². The van der Waals surface area contributed by atoms with Crippen molar-refractivity contribution in [3.05, 3.63) is 23.2 Å². The van der Waals surface area contributed by atoms with E-state index in [9.17, 15) is 4.79 Å². The molecule has 2 aromatic rings. The van der Waals surface area contributed by atoms with Crippen LogP contribution in [0.15, 0.2) is 26.9 Å². The summed E-state index contributed by atoms with van der Waals surface area (Å²) in [7, 11) is 0. The lowest BCUT2D eigenvalue weighted by molar-refractivity contribution is -0.115. The number of halogens is 1. The van der Waals surface area contributed by atoms with Gasteiger partial charge in [0.2, 0.25) is 5.91 Å². The van der Waals surface area contributed by atoms with Crippen LogP contribution in [0.1, 0.15) is 6.42 Å². The van der Waals surface area contributed by atoms with Gasteiger partial charge in [-0.05, 0) is 24.5 Å². The first-order chi connectivity index (χ1) is 10.1. The number of hydrogen-bond acceptors (Lipinski definition) is 7. The van der Waals surface area contributed by atoms with Gasteiger partial charge in [0.15, 0.2) is 8.68 Å². The van der Waals surface area contributed by atoms with Gasteiger partial charge in [0.25, 0.3) is 0 Å². The molecule has 5 nitrogen and oxygen atoms in total. The Morgan fingerprint density at radius 2 is 2.19 bits per heavy atom. The summed E-state index contributed by atoms with van der Waals surface area (Å²) in [5.41, 5.74) is 6.78. The Kier molecular flexibility index (Phi) is 6.16. The third-order valence-electron chi connectivity index (χ3n) is 2.40. The summed E-state index contributed by atoms with van der Waals surface area (Å²) in [6, 6.07) is 5.02. The molecule has 3 N–H and O–H groups in total. The minimum absolute atomic E-state index is 0.0705. The minimum atomic E-state index is -0.0705. The van der Waals surface area contributed by atoms with E-state index in [1.54, 1.807) is 30.0 Å². The van der Waals surface area contributed by atoms with Gasteiger partial charge in [0.05, 0.1) is 10.7 Å². The fraction of sp³-hybridized carbons (Fsp3) is 0.250. The largest absolute Gasteiger partial charge is 0.397 e. The van der Waals surface area contributed by atoms with E-state index in [-0.39, 0.29) is 5.91 Å². The van der Waals surface area contributed by atoms with E-state index < -0.39 is 0 Å². The van der Waals surface area contributed by atoms with Gasteiger partial charge < -0.3 is 11.1 Å². The Bertz CT molecular complexity index is 635. The zero-order valence-electron chi connectivity index (χ0n) is 11.1. The van der Waals surface area contributed by atoms with Crippen LogP contribution in [-0.2, 0) is 4.79 Å². The van der Waals surface area contributed by atoms with Gasteiger partial charge in [-0.25, -0.2) is 0 Å². The van der Waals surface area contributed by atoms with Crippen LogP contribution in [0.2, 0.25) is 5.02 Å². The fourth-order valence-electron chi connectivity index (χ4n) is 1.41. The van der Waals surface area contributed by atoms with Crippen molar-refractivity contribution in [2.24, 2.45) is 0 Å². The average molecular weight is 361 g/mol. The predicted octanol–water partition coefficient (Wildman–Crippen LogP) is 3.62. The zero-order valence-corrected chi connectivity index (χ0v) is 14.3. The number of nitrogens with two attached hydrogens (primary N) is 1. The maximum atomic E-state index is 11.8. The number of nitrogens with zero attached hydrogens (tertiary/aromatic N) is 2. The molecule has 0 atom stereocenters. The van der Waals surface area contributed by atoms with Gasteiger partial charge in [-0.1, -0.05) is 46.5 Å².